The number of anilines is 2. The average Bonchev–Trinajstić information content (AvgIpc) is 2.78. The Morgan fingerprint density at radius 2 is 1.57 bits per heavy atom. The highest BCUT2D eigenvalue weighted by atomic mass is 31.2. The fourth-order valence-corrected chi connectivity index (χ4v) is 5.82. The smallest absolute Gasteiger partial charge is 0.258 e. The van der Waals surface area contributed by atoms with E-state index in [0.717, 1.165) is 16.9 Å². The topological polar surface area (TPSA) is 50.8 Å². The van der Waals surface area contributed by atoms with E-state index in [-0.39, 0.29) is 0 Å². The predicted molar refractivity (Wildman–Crippen MR) is 125 cm³/mol. The van der Waals surface area contributed by atoms with Crippen LogP contribution in [0.15, 0.2) is 78.9 Å². The Morgan fingerprint density at radius 3 is 2.17 bits per heavy atom. The van der Waals surface area contributed by atoms with Gasteiger partial charge in [0.05, 0.1) is 13.7 Å². The molecular formula is C24H29N2O3P. The first kappa shape index (κ1) is 21.9. The second-order valence-electron chi connectivity index (χ2n) is 7.08. The molecule has 0 spiro atoms. The molecule has 0 bridgehead atoms. The van der Waals surface area contributed by atoms with E-state index >= 15 is 0 Å². The fourth-order valence-electron chi connectivity index (χ4n) is 3.38. The Labute approximate surface area is 179 Å². The van der Waals surface area contributed by atoms with Crippen LogP contribution in [0.2, 0.25) is 0 Å². The van der Waals surface area contributed by atoms with E-state index in [9.17, 15) is 4.57 Å². The van der Waals surface area contributed by atoms with Gasteiger partial charge in [-0.1, -0.05) is 36.4 Å². The van der Waals surface area contributed by atoms with Crippen molar-refractivity contribution in [3.8, 4) is 5.75 Å². The summed E-state index contributed by atoms with van der Waals surface area (Å²) in [6.45, 7) is 2.19. The van der Waals surface area contributed by atoms with Crippen LogP contribution in [0, 0.1) is 0 Å². The van der Waals surface area contributed by atoms with E-state index < -0.39 is 13.2 Å². The molecule has 0 aliphatic carbocycles. The highest BCUT2D eigenvalue weighted by molar-refractivity contribution is 7.67. The van der Waals surface area contributed by atoms with E-state index in [4.69, 9.17) is 9.26 Å². The van der Waals surface area contributed by atoms with E-state index in [1.165, 1.54) is 0 Å². The molecule has 30 heavy (non-hydrogen) atoms. The number of rotatable bonds is 9. The van der Waals surface area contributed by atoms with Gasteiger partial charge in [-0.25, -0.2) is 0 Å². The summed E-state index contributed by atoms with van der Waals surface area (Å²) in [5.41, 5.74) is 2.68. The number of hydrogen-bond acceptors (Lipinski definition) is 5. The SMILES string of the molecule is CCO[P@@](=O)(c1ccc(N(C)C)cc1)[C@@H](Nc1ccccc1)c1ccccc1OC. The summed E-state index contributed by atoms with van der Waals surface area (Å²) in [5.74, 6) is 0.0528. The molecule has 3 rings (SSSR count). The third-order valence-corrected chi connectivity index (χ3v) is 7.64. The summed E-state index contributed by atoms with van der Waals surface area (Å²) >= 11 is 0. The third-order valence-electron chi connectivity index (χ3n) is 4.90. The van der Waals surface area contributed by atoms with E-state index in [1.807, 2.05) is 105 Å². The molecule has 158 valence electrons. The first-order valence-corrected chi connectivity index (χ1v) is 11.7. The largest absolute Gasteiger partial charge is 0.496 e. The van der Waals surface area contributed by atoms with Crippen molar-refractivity contribution in [1.29, 1.82) is 0 Å². The van der Waals surface area contributed by atoms with E-state index in [0.29, 0.717) is 17.7 Å². The maximum Gasteiger partial charge on any atom is 0.258 e. The molecule has 6 heteroatoms. The lowest BCUT2D eigenvalue weighted by Gasteiger charge is -2.30. The highest BCUT2D eigenvalue weighted by Gasteiger charge is 2.39. The molecule has 0 fully saturated rings. The van der Waals surface area contributed by atoms with Crippen LogP contribution in [0.1, 0.15) is 18.3 Å². The van der Waals surface area contributed by atoms with Crippen molar-refractivity contribution in [1.82, 2.24) is 0 Å². The molecule has 0 amide bonds. The van der Waals surface area contributed by atoms with Crippen molar-refractivity contribution < 1.29 is 13.8 Å². The van der Waals surface area contributed by atoms with Crippen molar-refractivity contribution in [2.75, 3.05) is 38.0 Å². The maximum absolute atomic E-state index is 14.5. The molecule has 0 saturated heterocycles. The van der Waals surface area contributed by atoms with E-state index in [1.54, 1.807) is 7.11 Å². The Balaban J connectivity index is 2.15. The molecule has 5 nitrogen and oxygen atoms in total. The van der Waals surface area contributed by atoms with Crippen LogP contribution < -0.4 is 20.3 Å². The normalized spacial score (nSPS) is 13.9. The number of nitrogens with one attached hydrogen (secondary N) is 1. The van der Waals surface area contributed by atoms with Crippen LogP contribution >= 0.6 is 7.37 Å². The van der Waals surface area contributed by atoms with Gasteiger partial charge in [0.25, 0.3) is 7.37 Å². The molecular weight excluding hydrogens is 395 g/mol. The molecule has 0 radical (unpaired) electrons. The summed E-state index contributed by atoms with van der Waals surface area (Å²) < 4.78 is 26.1. The molecule has 0 aliphatic heterocycles. The molecule has 1 N–H and O–H groups in total. The quantitative estimate of drug-likeness (QED) is 0.459. The minimum Gasteiger partial charge on any atom is -0.496 e. The standard InChI is InChI=1S/C24H29N2O3P/c1-5-29-30(27,21-17-15-20(16-18-21)26(2)3)24(25-19-11-7-6-8-12-19)22-13-9-10-14-23(22)28-4/h6-18,24-25H,5H2,1-4H3/t24-,30+/m1/s1. The maximum atomic E-state index is 14.5. The van der Waals surface area contributed by atoms with Crippen LogP contribution in [0.3, 0.4) is 0 Å². The van der Waals surface area contributed by atoms with Crippen LogP contribution in [0.25, 0.3) is 0 Å². The molecule has 0 heterocycles. The predicted octanol–water partition coefficient (Wildman–Crippen LogP) is 5.51. The Bertz CT molecular complexity index is 991. The molecule has 0 unspecified atom stereocenters. The minimum absolute atomic E-state index is 0.328. The van der Waals surface area contributed by atoms with Crippen molar-refractivity contribution >= 4 is 24.0 Å². The van der Waals surface area contributed by atoms with Crippen molar-refractivity contribution in [2.45, 2.75) is 12.7 Å². The number of benzene rings is 3. The summed E-state index contributed by atoms with van der Waals surface area (Å²) in [6, 6.07) is 25.1. The average molecular weight is 424 g/mol. The summed E-state index contributed by atoms with van der Waals surface area (Å²) in [5, 5.41) is 4.11. The Morgan fingerprint density at radius 1 is 0.933 bits per heavy atom. The van der Waals surface area contributed by atoms with Crippen molar-refractivity contribution in [3.05, 3.63) is 84.4 Å². The summed E-state index contributed by atoms with van der Waals surface area (Å²) in [4.78, 5) is 2.01. The van der Waals surface area contributed by atoms with Crippen LogP contribution in [-0.2, 0) is 9.09 Å². The van der Waals surface area contributed by atoms with Gasteiger partial charge in [-0.2, -0.15) is 0 Å². The monoisotopic (exact) mass is 424 g/mol. The van der Waals surface area contributed by atoms with Gasteiger partial charge in [-0.15, -0.1) is 0 Å². The van der Waals surface area contributed by atoms with Gasteiger partial charge >= 0.3 is 0 Å². The van der Waals surface area contributed by atoms with E-state index in [2.05, 4.69) is 5.32 Å². The highest BCUT2D eigenvalue weighted by Crippen LogP contribution is 2.60. The first-order chi connectivity index (χ1) is 14.5. The number of methoxy groups -OCH3 is 1. The van der Waals surface area contributed by atoms with Crippen LogP contribution in [-0.4, -0.2) is 27.8 Å². The first-order valence-electron chi connectivity index (χ1n) is 9.96. The number of ether oxygens (including phenoxy) is 1. The molecule has 2 atom stereocenters. The van der Waals surface area contributed by atoms with Gasteiger partial charge in [0.15, 0.2) is 0 Å². The van der Waals surface area contributed by atoms with Crippen molar-refractivity contribution in [3.63, 3.8) is 0 Å². The van der Waals surface area contributed by atoms with Gasteiger partial charge in [-0.05, 0) is 49.4 Å². The Hall–Kier alpha value is -2.75. The molecule has 3 aromatic carbocycles. The lowest BCUT2D eigenvalue weighted by Crippen LogP contribution is -2.21. The molecule has 3 aromatic rings. The molecule has 0 saturated carbocycles. The zero-order chi connectivity index (χ0) is 21.6. The zero-order valence-electron chi connectivity index (χ0n) is 17.9. The Kier molecular flexibility index (Phi) is 7.20. The molecule has 0 aromatic heterocycles. The molecule has 0 aliphatic rings. The van der Waals surface area contributed by atoms with Crippen LogP contribution in [0.4, 0.5) is 11.4 Å². The summed E-state index contributed by atoms with van der Waals surface area (Å²) in [6.07, 6.45) is 0. The number of nitrogens with zero attached hydrogens (tertiary/aromatic N) is 1. The van der Waals surface area contributed by atoms with Gasteiger partial charge < -0.3 is 19.5 Å². The second kappa shape index (κ2) is 9.84. The minimum atomic E-state index is -3.37. The number of hydrogen-bond donors (Lipinski definition) is 1. The van der Waals surface area contributed by atoms with Crippen LogP contribution in [0.5, 0.6) is 5.75 Å². The third kappa shape index (κ3) is 4.69. The number of para-hydroxylation sites is 2. The lowest BCUT2D eigenvalue weighted by molar-refractivity contribution is 0.334. The summed E-state index contributed by atoms with van der Waals surface area (Å²) in [7, 11) is 2.21. The van der Waals surface area contributed by atoms with Crippen molar-refractivity contribution in [2.24, 2.45) is 0 Å². The van der Waals surface area contributed by atoms with Gasteiger partial charge in [0.2, 0.25) is 0 Å². The lowest BCUT2D eigenvalue weighted by atomic mass is 10.2. The van der Waals surface area contributed by atoms with Gasteiger partial charge in [0.1, 0.15) is 11.5 Å². The fraction of sp³-hybridized carbons (Fsp3) is 0.250. The second-order valence-corrected chi connectivity index (χ2v) is 9.57. The zero-order valence-corrected chi connectivity index (χ0v) is 18.8. The van der Waals surface area contributed by atoms with Gasteiger partial charge in [0, 0.05) is 36.3 Å². The van der Waals surface area contributed by atoms with Gasteiger partial charge in [-0.3, -0.25) is 4.57 Å².